The number of amides is 2. The van der Waals surface area contributed by atoms with Gasteiger partial charge >= 0.3 is 0 Å². The molecule has 0 fully saturated rings. The number of ether oxygens (including phenoxy) is 1. The zero-order chi connectivity index (χ0) is 15.4. The van der Waals surface area contributed by atoms with Crippen molar-refractivity contribution in [3.8, 4) is 5.75 Å². The number of carbonyl (C=O) groups excluding carboxylic acids is 2. The fourth-order valence-electron chi connectivity index (χ4n) is 1.79. The fraction of sp³-hybridized carbons (Fsp3) is 0.0667. The average Bonchev–Trinajstić information content (AvgIpc) is 2.48. The van der Waals surface area contributed by atoms with E-state index >= 15 is 0 Å². The van der Waals surface area contributed by atoms with Gasteiger partial charge in [-0.3, -0.25) is 9.59 Å². The maximum Gasteiger partial charge on any atom is 0.259 e. The molecule has 3 N–H and O–H groups in total. The van der Waals surface area contributed by atoms with Crippen molar-refractivity contribution in [3.63, 3.8) is 0 Å². The van der Waals surface area contributed by atoms with Gasteiger partial charge in [-0.15, -0.1) is 0 Å². The van der Waals surface area contributed by atoms with E-state index in [1.165, 1.54) is 43.5 Å². The van der Waals surface area contributed by atoms with E-state index < -0.39 is 17.6 Å². The summed E-state index contributed by atoms with van der Waals surface area (Å²) in [6.07, 6.45) is 0. The van der Waals surface area contributed by atoms with Crippen LogP contribution in [0, 0.1) is 5.82 Å². The molecule has 108 valence electrons. The smallest absolute Gasteiger partial charge is 0.259 e. The summed E-state index contributed by atoms with van der Waals surface area (Å²) in [4.78, 5) is 23.4. The zero-order valence-electron chi connectivity index (χ0n) is 11.2. The predicted molar refractivity (Wildman–Crippen MR) is 75.9 cm³/mol. The van der Waals surface area contributed by atoms with E-state index in [0.717, 1.165) is 0 Å². The SMILES string of the molecule is COc1ccc(C(N)=O)cc1C(=O)Nc1ccccc1F. The highest BCUT2D eigenvalue weighted by molar-refractivity contribution is 6.08. The first-order valence-electron chi connectivity index (χ1n) is 6.06. The Morgan fingerprint density at radius 3 is 2.52 bits per heavy atom. The number of para-hydroxylation sites is 1. The molecule has 0 aliphatic carbocycles. The average molecular weight is 288 g/mol. The molecule has 2 rings (SSSR count). The van der Waals surface area contributed by atoms with Crippen LogP contribution >= 0.6 is 0 Å². The van der Waals surface area contributed by atoms with Crippen LogP contribution in [-0.4, -0.2) is 18.9 Å². The number of methoxy groups -OCH3 is 1. The Hall–Kier alpha value is -2.89. The van der Waals surface area contributed by atoms with Gasteiger partial charge in [-0.25, -0.2) is 4.39 Å². The second-order valence-corrected chi connectivity index (χ2v) is 4.21. The number of anilines is 1. The number of primary amides is 1. The van der Waals surface area contributed by atoms with Crippen molar-refractivity contribution in [1.82, 2.24) is 0 Å². The molecule has 6 heteroatoms. The van der Waals surface area contributed by atoms with Crippen molar-refractivity contribution >= 4 is 17.5 Å². The molecule has 0 radical (unpaired) electrons. The van der Waals surface area contributed by atoms with E-state index in [2.05, 4.69) is 5.32 Å². The van der Waals surface area contributed by atoms with E-state index in [9.17, 15) is 14.0 Å². The summed E-state index contributed by atoms with van der Waals surface area (Å²) < 4.78 is 18.6. The quantitative estimate of drug-likeness (QED) is 0.904. The van der Waals surface area contributed by atoms with Crippen LogP contribution in [0.25, 0.3) is 0 Å². The zero-order valence-corrected chi connectivity index (χ0v) is 11.2. The first-order chi connectivity index (χ1) is 10.0. The van der Waals surface area contributed by atoms with Crippen LogP contribution in [0.5, 0.6) is 5.75 Å². The number of hydrogen-bond donors (Lipinski definition) is 2. The number of halogens is 1. The highest BCUT2D eigenvalue weighted by Crippen LogP contribution is 2.22. The second kappa shape index (κ2) is 6.04. The molecule has 0 aromatic heterocycles. The molecule has 2 aromatic carbocycles. The maximum atomic E-state index is 13.5. The molecule has 0 heterocycles. The normalized spacial score (nSPS) is 10.0. The molecule has 0 aliphatic heterocycles. The molecule has 0 saturated heterocycles. The van der Waals surface area contributed by atoms with Crippen molar-refractivity contribution in [2.24, 2.45) is 5.73 Å². The Morgan fingerprint density at radius 1 is 1.19 bits per heavy atom. The summed E-state index contributed by atoms with van der Waals surface area (Å²) in [6, 6.07) is 9.97. The number of rotatable bonds is 4. The van der Waals surface area contributed by atoms with Crippen molar-refractivity contribution in [1.29, 1.82) is 0 Å². The van der Waals surface area contributed by atoms with Crippen molar-refractivity contribution in [3.05, 3.63) is 59.4 Å². The molecule has 21 heavy (non-hydrogen) atoms. The molecule has 5 nitrogen and oxygen atoms in total. The Labute approximate surface area is 120 Å². The fourth-order valence-corrected chi connectivity index (χ4v) is 1.79. The number of carbonyl (C=O) groups is 2. The maximum absolute atomic E-state index is 13.5. The Morgan fingerprint density at radius 2 is 1.90 bits per heavy atom. The predicted octanol–water partition coefficient (Wildman–Crippen LogP) is 2.19. The van der Waals surface area contributed by atoms with Gasteiger partial charge in [-0.2, -0.15) is 0 Å². The monoisotopic (exact) mass is 288 g/mol. The van der Waals surface area contributed by atoms with E-state index in [-0.39, 0.29) is 22.6 Å². The van der Waals surface area contributed by atoms with Gasteiger partial charge in [-0.1, -0.05) is 12.1 Å². The minimum atomic E-state index is -0.669. The van der Waals surface area contributed by atoms with E-state index in [1.54, 1.807) is 6.07 Å². The molecule has 0 bridgehead atoms. The highest BCUT2D eigenvalue weighted by Gasteiger charge is 2.16. The third kappa shape index (κ3) is 3.17. The lowest BCUT2D eigenvalue weighted by Crippen LogP contribution is -2.17. The first-order valence-corrected chi connectivity index (χ1v) is 6.06. The molecular formula is C15H13FN2O3. The number of benzene rings is 2. The van der Waals surface area contributed by atoms with Crippen LogP contribution in [-0.2, 0) is 0 Å². The largest absolute Gasteiger partial charge is 0.496 e. The van der Waals surface area contributed by atoms with Crippen molar-refractivity contribution in [2.75, 3.05) is 12.4 Å². The Kier molecular flexibility index (Phi) is 4.18. The molecule has 2 aromatic rings. The van der Waals surface area contributed by atoms with Crippen LogP contribution in [0.2, 0.25) is 0 Å². The molecule has 0 atom stereocenters. The van der Waals surface area contributed by atoms with Gasteiger partial charge in [0.05, 0.1) is 18.4 Å². The van der Waals surface area contributed by atoms with Crippen LogP contribution in [0.1, 0.15) is 20.7 Å². The summed E-state index contributed by atoms with van der Waals surface area (Å²) in [6.45, 7) is 0. The van der Waals surface area contributed by atoms with E-state index in [4.69, 9.17) is 10.5 Å². The third-order valence-electron chi connectivity index (χ3n) is 2.85. The molecule has 2 amide bonds. The minimum absolute atomic E-state index is 0.0361. The number of hydrogen-bond acceptors (Lipinski definition) is 3. The van der Waals surface area contributed by atoms with E-state index in [1.807, 2.05) is 0 Å². The van der Waals surface area contributed by atoms with Gasteiger partial charge in [0.25, 0.3) is 5.91 Å². The van der Waals surface area contributed by atoms with Gasteiger partial charge in [-0.05, 0) is 30.3 Å². The third-order valence-corrected chi connectivity index (χ3v) is 2.85. The van der Waals surface area contributed by atoms with Crippen LogP contribution in [0.3, 0.4) is 0 Å². The standard InChI is InChI=1S/C15H13FN2O3/c1-21-13-7-6-9(14(17)19)8-10(13)15(20)18-12-5-3-2-4-11(12)16/h2-8H,1H3,(H2,17,19)(H,18,20). The van der Waals surface area contributed by atoms with Crippen molar-refractivity contribution in [2.45, 2.75) is 0 Å². The van der Waals surface area contributed by atoms with Gasteiger partial charge in [0.15, 0.2) is 0 Å². The summed E-state index contributed by atoms with van der Waals surface area (Å²) in [5, 5.41) is 2.42. The Bertz CT molecular complexity index is 701. The number of nitrogens with one attached hydrogen (secondary N) is 1. The van der Waals surface area contributed by atoms with Gasteiger partial charge < -0.3 is 15.8 Å². The summed E-state index contributed by atoms with van der Waals surface area (Å²) in [7, 11) is 1.39. The summed E-state index contributed by atoms with van der Waals surface area (Å²) >= 11 is 0. The van der Waals surface area contributed by atoms with Crippen LogP contribution in [0.4, 0.5) is 10.1 Å². The molecule has 0 spiro atoms. The van der Waals surface area contributed by atoms with Gasteiger partial charge in [0.2, 0.25) is 5.91 Å². The van der Waals surface area contributed by atoms with Crippen LogP contribution in [0.15, 0.2) is 42.5 Å². The van der Waals surface area contributed by atoms with Gasteiger partial charge in [0.1, 0.15) is 11.6 Å². The summed E-state index contributed by atoms with van der Waals surface area (Å²) in [5.41, 5.74) is 5.47. The lowest BCUT2D eigenvalue weighted by Gasteiger charge is -2.10. The molecule has 0 saturated carbocycles. The Balaban J connectivity index is 2.36. The molecule has 0 aliphatic rings. The lowest BCUT2D eigenvalue weighted by molar-refractivity contribution is 0.1000. The summed E-state index contributed by atoms with van der Waals surface area (Å²) in [5.74, 6) is -1.57. The molecule has 0 unspecified atom stereocenters. The van der Waals surface area contributed by atoms with Crippen LogP contribution < -0.4 is 15.8 Å². The van der Waals surface area contributed by atoms with Crippen molar-refractivity contribution < 1.29 is 18.7 Å². The second-order valence-electron chi connectivity index (χ2n) is 4.21. The lowest BCUT2D eigenvalue weighted by atomic mass is 10.1. The topological polar surface area (TPSA) is 81.4 Å². The minimum Gasteiger partial charge on any atom is -0.496 e. The van der Waals surface area contributed by atoms with Gasteiger partial charge in [0, 0.05) is 5.56 Å². The van der Waals surface area contributed by atoms with E-state index in [0.29, 0.717) is 0 Å². The molecular weight excluding hydrogens is 275 g/mol. The first kappa shape index (κ1) is 14.5. The highest BCUT2D eigenvalue weighted by atomic mass is 19.1. The number of nitrogens with two attached hydrogens (primary N) is 1.